The third-order valence-corrected chi connectivity index (χ3v) is 3.29. The standard InChI is InChI=1S/C14H18N2O3/c17-13(7-10-16-8-3-4-9-16)15-12-6-2-1-5-11(12)14(18)19/h1-2,5-6H,3-4,7-10H2,(H,15,17)(H,18,19). The van der Waals surface area contributed by atoms with Crippen LogP contribution in [-0.4, -0.2) is 41.5 Å². The smallest absolute Gasteiger partial charge is 0.337 e. The van der Waals surface area contributed by atoms with Crippen LogP contribution in [0.5, 0.6) is 0 Å². The summed E-state index contributed by atoms with van der Waals surface area (Å²) in [7, 11) is 0. The summed E-state index contributed by atoms with van der Waals surface area (Å²) < 4.78 is 0. The van der Waals surface area contributed by atoms with Crippen LogP contribution in [-0.2, 0) is 4.79 Å². The second-order valence-electron chi connectivity index (χ2n) is 4.70. The van der Waals surface area contributed by atoms with E-state index in [0.717, 1.165) is 19.6 Å². The molecule has 1 aliphatic rings. The Morgan fingerprint density at radius 1 is 1.21 bits per heavy atom. The van der Waals surface area contributed by atoms with Gasteiger partial charge in [-0.2, -0.15) is 0 Å². The van der Waals surface area contributed by atoms with Crippen molar-refractivity contribution >= 4 is 17.6 Å². The maximum Gasteiger partial charge on any atom is 0.337 e. The molecule has 5 heteroatoms. The number of aromatic carboxylic acids is 1. The third kappa shape index (κ3) is 3.79. The fourth-order valence-corrected chi connectivity index (χ4v) is 2.26. The zero-order valence-electron chi connectivity index (χ0n) is 10.8. The van der Waals surface area contributed by atoms with Gasteiger partial charge in [0, 0.05) is 13.0 Å². The van der Waals surface area contributed by atoms with Crippen molar-refractivity contribution in [2.75, 3.05) is 25.0 Å². The van der Waals surface area contributed by atoms with Crippen molar-refractivity contribution in [3.63, 3.8) is 0 Å². The molecule has 0 aliphatic carbocycles. The molecule has 0 saturated carbocycles. The minimum absolute atomic E-state index is 0.122. The molecule has 1 heterocycles. The van der Waals surface area contributed by atoms with Gasteiger partial charge in [-0.1, -0.05) is 12.1 Å². The number of nitrogens with zero attached hydrogens (tertiary/aromatic N) is 1. The second-order valence-corrected chi connectivity index (χ2v) is 4.70. The molecule has 2 rings (SSSR count). The van der Waals surface area contributed by atoms with Crippen LogP contribution in [0.1, 0.15) is 29.6 Å². The molecule has 5 nitrogen and oxygen atoms in total. The molecule has 0 bridgehead atoms. The summed E-state index contributed by atoms with van der Waals surface area (Å²) >= 11 is 0. The number of rotatable bonds is 5. The third-order valence-electron chi connectivity index (χ3n) is 3.29. The Morgan fingerprint density at radius 2 is 1.89 bits per heavy atom. The first-order valence-electron chi connectivity index (χ1n) is 6.51. The number of carboxylic acid groups (broad SMARTS) is 1. The van der Waals surface area contributed by atoms with Gasteiger partial charge in [0.15, 0.2) is 0 Å². The van der Waals surface area contributed by atoms with Crippen molar-refractivity contribution < 1.29 is 14.7 Å². The summed E-state index contributed by atoms with van der Waals surface area (Å²) in [6.07, 6.45) is 2.79. The van der Waals surface area contributed by atoms with Crippen LogP contribution in [0.4, 0.5) is 5.69 Å². The van der Waals surface area contributed by atoms with Crippen LogP contribution in [0, 0.1) is 0 Å². The largest absolute Gasteiger partial charge is 0.478 e. The van der Waals surface area contributed by atoms with E-state index in [-0.39, 0.29) is 11.5 Å². The molecule has 0 aromatic heterocycles. The Morgan fingerprint density at radius 3 is 2.58 bits per heavy atom. The fraction of sp³-hybridized carbons (Fsp3) is 0.429. The highest BCUT2D eigenvalue weighted by Gasteiger charge is 2.14. The van der Waals surface area contributed by atoms with Gasteiger partial charge >= 0.3 is 5.97 Å². The normalized spacial score (nSPS) is 15.4. The lowest BCUT2D eigenvalue weighted by atomic mass is 10.2. The minimum Gasteiger partial charge on any atom is -0.478 e. The predicted octanol–water partition coefficient (Wildman–Crippen LogP) is 1.81. The Hall–Kier alpha value is -1.88. The molecular formula is C14H18N2O3. The topological polar surface area (TPSA) is 69.6 Å². The average Bonchev–Trinajstić information content (AvgIpc) is 2.90. The van der Waals surface area contributed by atoms with Gasteiger partial charge in [0.05, 0.1) is 11.3 Å². The van der Waals surface area contributed by atoms with Crippen LogP contribution < -0.4 is 5.32 Å². The zero-order chi connectivity index (χ0) is 13.7. The number of hydrogen-bond acceptors (Lipinski definition) is 3. The van der Waals surface area contributed by atoms with Gasteiger partial charge in [0.1, 0.15) is 0 Å². The van der Waals surface area contributed by atoms with Crippen LogP contribution in [0.15, 0.2) is 24.3 Å². The van der Waals surface area contributed by atoms with E-state index in [9.17, 15) is 9.59 Å². The molecule has 1 fully saturated rings. The molecule has 1 aromatic rings. The highest BCUT2D eigenvalue weighted by atomic mass is 16.4. The van der Waals surface area contributed by atoms with E-state index in [1.165, 1.54) is 18.9 Å². The summed E-state index contributed by atoms with van der Waals surface area (Å²) in [6, 6.07) is 6.45. The first-order chi connectivity index (χ1) is 9.16. The Balaban J connectivity index is 1.89. The lowest BCUT2D eigenvalue weighted by Crippen LogP contribution is -2.25. The summed E-state index contributed by atoms with van der Waals surface area (Å²) in [5.74, 6) is -1.17. The molecule has 19 heavy (non-hydrogen) atoms. The van der Waals surface area contributed by atoms with E-state index in [1.807, 2.05) is 0 Å². The molecular weight excluding hydrogens is 244 g/mol. The summed E-state index contributed by atoms with van der Waals surface area (Å²) in [5.41, 5.74) is 0.485. The fourth-order valence-electron chi connectivity index (χ4n) is 2.26. The van der Waals surface area contributed by atoms with Crippen molar-refractivity contribution in [1.82, 2.24) is 4.90 Å². The van der Waals surface area contributed by atoms with Gasteiger partial charge < -0.3 is 15.3 Å². The predicted molar refractivity (Wildman–Crippen MR) is 72.3 cm³/mol. The van der Waals surface area contributed by atoms with E-state index in [0.29, 0.717) is 12.1 Å². The second kappa shape index (κ2) is 6.33. The van der Waals surface area contributed by atoms with Gasteiger partial charge in [0.25, 0.3) is 0 Å². The molecule has 0 spiro atoms. The van der Waals surface area contributed by atoms with Crippen molar-refractivity contribution in [3.05, 3.63) is 29.8 Å². The molecule has 1 amide bonds. The number of carboxylic acids is 1. The molecule has 0 unspecified atom stereocenters. The van der Waals surface area contributed by atoms with E-state index in [2.05, 4.69) is 10.2 Å². The number of carbonyl (C=O) groups excluding carboxylic acids is 1. The average molecular weight is 262 g/mol. The minimum atomic E-state index is -1.03. The first kappa shape index (κ1) is 13.5. The molecule has 2 N–H and O–H groups in total. The maximum atomic E-state index is 11.8. The van der Waals surface area contributed by atoms with Crippen molar-refractivity contribution in [2.24, 2.45) is 0 Å². The Labute approximate surface area is 112 Å². The van der Waals surface area contributed by atoms with Crippen LogP contribution in [0.3, 0.4) is 0 Å². The number of hydrogen-bond donors (Lipinski definition) is 2. The molecule has 0 atom stereocenters. The summed E-state index contributed by atoms with van der Waals surface area (Å²) in [5, 5.41) is 11.7. The van der Waals surface area contributed by atoms with Crippen LogP contribution >= 0.6 is 0 Å². The molecule has 1 saturated heterocycles. The number of benzene rings is 1. The van der Waals surface area contributed by atoms with Gasteiger partial charge in [0.2, 0.25) is 5.91 Å². The van der Waals surface area contributed by atoms with Crippen LogP contribution in [0.25, 0.3) is 0 Å². The quantitative estimate of drug-likeness (QED) is 0.849. The van der Waals surface area contributed by atoms with E-state index >= 15 is 0 Å². The first-order valence-corrected chi connectivity index (χ1v) is 6.51. The zero-order valence-corrected chi connectivity index (χ0v) is 10.8. The van der Waals surface area contributed by atoms with Gasteiger partial charge in [-0.3, -0.25) is 4.79 Å². The van der Waals surface area contributed by atoms with Crippen molar-refractivity contribution in [1.29, 1.82) is 0 Å². The molecule has 0 radical (unpaired) electrons. The number of anilines is 1. The number of carbonyl (C=O) groups is 2. The summed E-state index contributed by atoms with van der Waals surface area (Å²) in [4.78, 5) is 25.1. The van der Waals surface area contributed by atoms with Gasteiger partial charge in [-0.25, -0.2) is 4.79 Å². The number of para-hydroxylation sites is 1. The van der Waals surface area contributed by atoms with Gasteiger partial charge in [-0.15, -0.1) is 0 Å². The van der Waals surface area contributed by atoms with Crippen molar-refractivity contribution in [2.45, 2.75) is 19.3 Å². The number of likely N-dealkylation sites (tertiary alicyclic amines) is 1. The number of amides is 1. The SMILES string of the molecule is O=C(CCN1CCCC1)Nc1ccccc1C(=O)O. The highest BCUT2D eigenvalue weighted by molar-refractivity contribution is 6.00. The van der Waals surface area contributed by atoms with E-state index < -0.39 is 5.97 Å². The summed E-state index contributed by atoms with van der Waals surface area (Å²) in [6.45, 7) is 2.85. The van der Waals surface area contributed by atoms with Crippen molar-refractivity contribution in [3.8, 4) is 0 Å². The monoisotopic (exact) mass is 262 g/mol. The van der Waals surface area contributed by atoms with E-state index in [4.69, 9.17) is 5.11 Å². The Bertz CT molecular complexity index is 468. The lowest BCUT2D eigenvalue weighted by molar-refractivity contribution is -0.116. The van der Waals surface area contributed by atoms with Crippen LogP contribution in [0.2, 0.25) is 0 Å². The van der Waals surface area contributed by atoms with E-state index in [1.54, 1.807) is 18.2 Å². The number of nitrogens with one attached hydrogen (secondary N) is 1. The van der Waals surface area contributed by atoms with Gasteiger partial charge in [-0.05, 0) is 38.1 Å². The lowest BCUT2D eigenvalue weighted by Gasteiger charge is -2.14. The Kier molecular flexibility index (Phi) is 4.52. The highest BCUT2D eigenvalue weighted by Crippen LogP contribution is 2.15. The molecule has 1 aromatic carbocycles. The molecule has 102 valence electrons. The maximum absolute atomic E-state index is 11.8. The molecule has 1 aliphatic heterocycles.